The summed E-state index contributed by atoms with van der Waals surface area (Å²) in [7, 11) is 2.06. The lowest BCUT2D eigenvalue weighted by Gasteiger charge is -2.25. The van der Waals surface area contributed by atoms with Crippen LogP contribution in [0.25, 0.3) is 0 Å². The lowest BCUT2D eigenvalue weighted by Crippen LogP contribution is -2.32. The summed E-state index contributed by atoms with van der Waals surface area (Å²) in [5.74, 6) is 0.959. The Labute approximate surface area is 120 Å². The molecule has 1 aliphatic heterocycles. The molecule has 0 saturated carbocycles. The summed E-state index contributed by atoms with van der Waals surface area (Å²) in [5.41, 5.74) is 1.09. The van der Waals surface area contributed by atoms with Gasteiger partial charge in [0.1, 0.15) is 5.82 Å². The molecule has 1 N–H and O–H groups in total. The van der Waals surface area contributed by atoms with Gasteiger partial charge in [0.05, 0.1) is 17.7 Å². The van der Waals surface area contributed by atoms with E-state index in [2.05, 4.69) is 42.2 Å². The second kappa shape index (κ2) is 6.55. The van der Waals surface area contributed by atoms with Crippen molar-refractivity contribution in [2.75, 3.05) is 25.2 Å². The molecule has 0 bridgehead atoms. The molecule has 4 nitrogen and oxygen atoms in total. The van der Waals surface area contributed by atoms with Crippen LogP contribution in [0.5, 0.6) is 0 Å². The first-order chi connectivity index (χ1) is 9.08. The number of nitrogens with zero attached hydrogens (tertiary/aromatic N) is 2. The van der Waals surface area contributed by atoms with Crippen molar-refractivity contribution in [3.63, 3.8) is 0 Å². The third kappa shape index (κ3) is 3.81. The zero-order valence-electron chi connectivity index (χ0n) is 11.8. The number of pyridine rings is 1. The monoisotopic (exact) mass is 283 g/mol. The number of rotatable bonds is 5. The van der Waals surface area contributed by atoms with Crippen LogP contribution in [0.3, 0.4) is 0 Å². The van der Waals surface area contributed by atoms with Crippen molar-refractivity contribution in [2.24, 2.45) is 0 Å². The second-order valence-corrected chi connectivity index (χ2v) is 5.71. The van der Waals surface area contributed by atoms with Gasteiger partial charge in [-0.3, -0.25) is 0 Å². The fraction of sp³-hybridized carbons (Fsp3) is 0.643. The number of hydrogen-bond acceptors (Lipinski definition) is 4. The van der Waals surface area contributed by atoms with E-state index in [1.807, 2.05) is 0 Å². The van der Waals surface area contributed by atoms with Crippen molar-refractivity contribution in [2.45, 2.75) is 38.9 Å². The molecular formula is C14H22ClN3O. The minimum Gasteiger partial charge on any atom is -0.379 e. The maximum Gasteiger partial charge on any atom is 0.128 e. The van der Waals surface area contributed by atoms with E-state index in [-0.39, 0.29) is 0 Å². The Kier molecular flexibility index (Phi) is 5.02. The van der Waals surface area contributed by atoms with E-state index in [4.69, 9.17) is 16.3 Å². The van der Waals surface area contributed by atoms with E-state index in [0.29, 0.717) is 17.1 Å². The summed E-state index contributed by atoms with van der Waals surface area (Å²) in [6, 6.07) is 2.92. The summed E-state index contributed by atoms with van der Waals surface area (Å²) in [6.45, 7) is 6.63. The molecule has 19 heavy (non-hydrogen) atoms. The molecule has 0 aromatic carbocycles. The van der Waals surface area contributed by atoms with Crippen molar-refractivity contribution in [1.82, 2.24) is 10.3 Å². The number of anilines is 1. The van der Waals surface area contributed by atoms with Crippen LogP contribution in [-0.4, -0.2) is 37.3 Å². The van der Waals surface area contributed by atoms with Gasteiger partial charge in [0.2, 0.25) is 0 Å². The smallest absolute Gasteiger partial charge is 0.128 e. The van der Waals surface area contributed by atoms with Crippen LogP contribution >= 0.6 is 11.6 Å². The Morgan fingerprint density at radius 3 is 3.00 bits per heavy atom. The number of aromatic nitrogens is 1. The third-order valence-corrected chi connectivity index (χ3v) is 3.78. The van der Waals surface area contributed by atoms with Crippen LogP contribution in [0.15, 0.2) is 12.3 Å². The van der Waals surface area contributed by atoms with Crippen LogP contribution < -0.4 is 10.2 Å². The molecule has 1 aromatic heterocycles. The van der Waals surface area contributed by atoms with E-state index in [9.17, 15) is 0 Å². The van der Waals surface area contributed by atoms with Crippen LogP contribution in [0.4, 0.5) is 5.82 Å². The second-order valence-electron chi connectivity index (χ2n) is 5.30. The fourth-order valence-electron chi connectivity index (χ4n) is 2.12. The molecule has 1 atom stereocenters. The van der Waals surface area contributed by atoms with Crippen LogP contribution in [0, 0.1) is 0 Å². The predicted molar refractivity (Wildman–Crippen MR) is 78.8 cm³/mol. The lowest BCUT2D eigenvalue weighted by molar-refractivity contribution is 0.193. The first kappa shape index (κ1) is 14.6. The Bertz CT molecular complexity index is 419. The van der Waals surface area contributed by atoms with Crippen molar-refractivity contribution in [3.8, 4) is 0 Å². The standard InChI is InChI=1S/C14H22ClN3O/c1-10(2)16-7-11-6-14(17-8-13(11)15)18(3)12-4-5-19-9-12/h6,8,10,12,16H,4-5,7,9H2,1-3H3. The highest BCUT2D eigenvalue weighted by atomic mass is 35.5. The minimum atomic E-state index is 0.416. The average molecular weight is 284 g/mol. The van der Waals surface area contributed by atoms with Gasteiger partial charge in [-0.25, -0.2) is 4.98 Å². The number of likely N-dealkylation sites (N-methyl/N-ethyl adjacent to an activating group) is 1. The van der Waals surface area contributed by atoms with Crippen molar-refractivity contribution < 1.29 is 4.74 Å². The molecule has 0 spiro atoms. The molecule has 1 aliphatic rings. The first-order valence-electron chi connectivity index (χ1n) is 6.76. The third-order valence-electron chi connectivity index (χ3n) is 3.44. The molecule has 5 heteroatoms. The maximum absolute atomic E-state index is 6.20. The molecule has 1 aromatic rings. The first-order valence-corrected chi connectivity index (χ1v) is 7.14. The van der Waals surface area contributed by atoms with Gasteiger partial charge < -0.3 is 15.0 Å². The van der Waals surface area contributed by atoms with E-state index >= 15 is 0 Å². The Hall–Kier alpha value is -0.840. The largest absolute Gasteiger partial charge is 0.379 e. The molecule has 1 saturated heterocycles. The normalized spacial score (nSPS) is 19.1. The number of ether oxygens (including phenoxy) is 1. The van der Waals surface area contributed by atoms with E-state index in [0.717, 1.165) is 37.6 Å². The summed E-state index contributed by atoms with van der Waals surface area (Å²) >= 11 is 6.20. The summed E-state index contributed by atoms with van der Waals surface area (Å²) in [4.78, 5) is 6.60. The quantitative estimate of drug-likeness (QED) is 0.901. The van der Waals surface area contributed by atoms with Gasteiger partial charge in [-0.2, -0.15) is 0 Å². The van der Waals surface area contributed by atoms with Crippen molar-refractivity contribution in [3.05, 3.63) is 22.8 Å². The average Bonchev–Trinajstić information content (AvgIpc) is 2.90. The van der Waals surface area contributed by atoms with Gasteiger partial charge in [0.15, 0.2) is 0 Å². The Morgan fingerprint density at radius 1 is 1.58 bits per heavy atom. The zero-order valence-corrected chi connectivity index (χ0v) is 12.6. The van der Waals surface area contributed by atoms with E-state index in [1.165, 1.54) is 0 Å². The fourth-order valence-corrected chi connectivity index (χ4v) is 2.29. The molecular weight excluding hydrogens is 262 g/mol. The summed E-state index contributed by atoms with van der Waals surface area (Å²) in [5, 5.41) is 4.10. The van der Waals surface area contributed by atoms with Crippen molar-refractivity contribution >= 4 is 17.4 Å². The summed E-state index contributed by atoms with van der Waals surface area (Å²) < 4.78 is 5.42. The Balaban J connectivity index is 2.10. The lowest BCUT2D eigenvalue weighted by atomic mass is 10.2. The number of hydrogen-bond donors (Lipinski definition) is 1. The summed E-state index contributed by atoms with van der Waals surface area (Å²) in [6.07, 6.45) is 2.79. The molecule has 0 amide bonds. The van der Waals surface area contributed by atoms with Gasteiger partial charge >= 0.3 is 0 Å². The van der Waals surface area contributed by atoms with E-state index < -0.39 is 0 Å². The van der Waals surface area contributed by atoms with Crippen molar-refractivity contribution in [1.29, 1.82) is 0 Å². The molecule has 0 radical (unpaired) electrons. The predicted octanol–water partition coefficient (Wildman–Crippen LogP) is 2.46. The molecule has 0 aliphatic carbocycles. The topological polar surface area (TPSA) is 37.4 Å². The van der Waals surface area contributed by atoms with Crippen LogP contribution in [-0.2, 0) is 11.3 Å². The van der Waals surface area contributed by atoms with Gasteiger partial charge in [-0.15, -0.1) is 0 Å². The van der Waals surface area contributed by atoms with Gasteiger partial charge in [0.25, 0.3) is 0 Å². The highest BCUT2D eigenvalue weighted by Crippen LogP contribution is 2.23. The van der Waals surface area contributed by atoms with Crippen LogP contribution in [0.1, 0.15) is 25.8 Å². The maximum atomic E-state index is 6.20. The molecule has 2 rings (SSSR count). The van der Waals surface area contributed by atoms with Gasteiger partial charge in [0, 0.05) is 32.4 Å². The molecule has 106 valence electrons. The zero-order chi connectivity index (χ0) is 13.8. The molecule has 2 heterocycles. The highest BCUT2D eigenvalue weighted by molar-refractivity contribution is 6.31. The molecule has 1 fully saturated rings. The van der Waals surface area contributed by atoms with Gasteiger partial charge in [-0.05, 0) is 18.1 Å². The minimum absolute atomic E-state index is 0.416. The molecule has 1 unspecified atom stereocenters. The number of nitrogens with one attached hydrogen (secondary N) is 1. The Morgan fingerprint density at radius 2 is 2.37 bits per heavy atom. The van der Waals surface area contributed by atoms with Crippen LogP contribution in [0.2, 0.25) is 5.02 Å². The SMILES string of the molecule is CC(C)NCc1cc(N(C)C2CCOC2)ncc1Cl. The van der Waals surface area contributed by atoms with Gasteiger partial charge in [-0.1, -0.05) is 25.4 Å². The van der Waals surface area contributed by atoms with E-state index in [1.54, 1.807) is 6.20 Å². The number of halogens is 1. The highest BCUT2D eigenvalue weighted by Gasteiger charge is 2.21.